The van der Waals surface area contributed by atoms with Gasteiger partial charge in [-0.1, -0.05) is 12.1 Å². The smallest absolute Gasteiger partial charge is 0.250 e. The molecule has 1 fully saturated rings. The lowest BCUT2D eigenvalue weighted by Crippen LogP contribution is -2.36. The van der Waals surface area contributed by atoms with Gasteiger partial charge in [-0.2, -0.15) is 0 Å². The predicted octanol–water partition coefficient (Wildman–Crippen LogP) is 4.72. The number of aromatic nitrogens is 2. The van der Waals surface area contributed by atoms with Crippen LogP contribution >= 0.6 is 0 Å². The average Bonchev–Trinajstić information content (AvgIpc) is 2.90. The maximum atomic E-state index is 13.4. The number of morpholine rings is 1. The first-order valence-electron chi connectivity index (χ1n) is 12.0. The Morgan fingerprint density at radius 3 is 2.78 bits per heavy atom. The maximum Gasteiger partial charge on any atom is 0.250 e. The van der Waals surface area contributed by atoms with E-state index in [2.05, 4.69) is 26.3 Å². The van der Waals surface area contributed by atoms with Gasteiger partial charge in [0.1, 0.15) is 17.3 Å². The predicted molar refractivity (Wildman–Crippen MR) is 136 cm³/mol. The molecule has 0 aliphatic carbocycles. The SMILES string of the molecule is O=c1cc(N2CCOCC2)cc(-c2cccc3c2Oc2ccc(NCc4cncc(F)c4)cc2C3)[nH]1. The van der Waals surface area contributed by atoms with Crippen molar-refractivity contribution < 1.29 is 13.9 Å². The van der Waals surface area contributed by atoms with Crippen LogP contribution < -0.4 is 20.5 Å². The molecule has 0 unspecified atom stereocenters. The van der Waals surface area contributed by atoms with Crippen LogP contribution in [0.5, 0.6) is 11.5 Å². The Labute approximate surface area is 207 Å². The summed E-state index contributed by atoms with van der Waals surface area (Å²) in [6, 6.07) is 17.1. The minimum Gasteiger partial charge on any atom is -0.456 e. The van der Waals surface area contributed by atoms with Gasteiger partial charge in [-0.3, -0.25) is 9.78 Å². The van der Waals surface area contributed by atoms with Gasteiger partial charge in [0.2, 0.25) is 5.56 Å². The quantitative estimate of drug-likeness (QED) is 0.376. The number of hydrogen-bond donors (Lipinski definition) is 2. The number of nitrogens with one attached hydrogen (secondary N) is 2. The van der Waals surface area contributed by atoms with Crippen molar-refractivity contribution in [2.75, 3.05) is 36.5 Å². The molecule has 2 aliphatic rings. The summed E-state index contributed by atoms with van der Waals surface area (Å²) in [7, 11) is 0. The second-order valence-electron chi connectivity index (χ2n) is 8.98. The fraction of sp³-hybridized carbons (Fsp3) is 0.214. The average molecular weight is 485 g/mol. The van der Waals surface area contributed by atoms with Crippen LogP contribution in [0.15, 0.2) is 71.8 Å². The number of rotatable bonds is 5. The molecule has 0 amide bonds. The fourth-order valence-corrected chi connectivity index (χ4v) is 4.73. The van der Waals surface area contributed by atoms with E-state index in [4.69, 9.17) is 9.47 Å². The molecule has 0 radical (unpaired) electrons. The number of fused-ring (bicyclic) bond motifs is 2. The second-order valence-corrected chi connectivity index (χ2v) is 8.98. The van der Waals surface area contributed by atoms with Crippen LogP contribution in [0.4, 0.5) is 15.8 Å². The Bertz CT molecular complexity index is 1480. The van der Waals surface area contributed by atoms with Gasteiger partial charge in [0.15, 0.2) is 0 Å². The number of ether oxygens (including phenoxy) is 2. The zero-order valence-electron chi connectivity index (χ0n) is 19.6. The highest BCUT2D eigenvalue weighted by Gasteiger charge is 2.22. The second kappa shape index (κ2) is 9.47. The first-order valence-corrected chi connectivity index (χ1v) is 12.0. The summed E-state index contributed by atoms with van der Waals surface area (Å²) in [5.74, 6) is 1.18. The van der Waals surface area contributed by atoms with Gasteiger partial charge in [0, 0.05) is 60.8 Å². The van der Waals surface area contributed by atoms with Crippen molar-refractivity contribution in [1.29, 1.82) is 0 Å². The molecule has 36 heavy (non-hydrogen) atoms. The van der Waals surface area contributed by atoms with E-state index in [9.17, 15) is 9.18 Å². The third kappa shape index (κ3) is 4.55. The summed E-state index contributed by atoms with van der Waals surface area (Å²) in [4.78, 5) is 21.6. The van der Waals surface area contributed by atoms with E-state index >= 15 is 0 Å². The zero-order valence-corrected chi connectivity index (χ0v) is 19.6. The molecular formula is C28H25FN4O3. The number of halogens is 1. The van der Waals surface area contributed by atoms with E-state index in [1.807, 2.05) is 36.4 Å². The van der Waals surface area contributed by atoms with Crippen molar-refractivity contribution in [1.82, 2.24) is 9.97 Å². The molecule has 4 heterocycles. The summed E-state index contributed by atoms with van der Waals surface area (Å²) >= 11 is 0. The standard InChI is InChI=1S/C28H25FN4O3/c29-21-10-18(15-30-17-21)16-31-22-4-5-26-20(12-22)11-19-2-1-3-24(28(19)36-26)25-13-23(14-27(34)32-25)33-6-8-35-9-7-33/h1-5,10,12-15,17,31H,6-9,11,16H2,(H,32,34). The first kappa shape index (κ1) is 22.3. The van der Waals surface area contributed by atoms with E-state index in [0.717, 1.165) is 63.9 Å². The number of anilines is 2. The van der Waals surface area contributed by atoms with Crippen molar-refractivity contribution in [2.24, 2.45) is 0 Å². The van der Waals surface area contributed by atoms with Crippen LogP contribution in [-0.2, 0) is 17.7 Å². The van der Waals surface area contributed by atoms with E-state index in [1.165, 1.54) is 12.3 Å². The molecule has 8 heteroatoms. The Morgan fingerprint density at radius 2 is 1.92 bits per heavy atom. The Morgan fingerprint density at radius 1 is 1.03 bits per heavy atom. The third-order valence-electron chi connectivity index (χ3n) is 6.50. The van der Waals surface area contributed by atoms with Crippen LogP contribution in [0.25, 0.3) is 11.3 Å². The highest BCUT2D eigenvalue weighted by molar-refractivity contribution is 5.74. The summed E-state index contributed by atoms with van der Waals surface area (Å²) in [5.41, 5.74) is 6.11. The molecule has 0 atom stereocenters. The Kier molecular flexibility index (Phi) is 5.87. The fourth-order valence-electron chi connectivity index (χ4n) is 4.73. The lowest BCUT2D eigenvalue weighted by Gasteiger charge is -2.29. The lowest BCUT2D eigenvalue weighted by atomic mass is 9.96. The van der Waals surface area contributed by atoms with Crippen molar-refractivity contribution in [3.05, 3.63) is 99.9 Å². The van der Waals surface area contributed by atoms with Crippen LogP contribution in [-0.4, -0.2) is 36.3 Å². The van der Waals surface area contributed by atoms with Gasteiger partial charge in [0.25, 0.3) is 0 Å². The topological polar surface area (TPSA) is 79.5 Å². The number of H-pyrrole nitrogens is 1. The van der Waals surface area contributed by atoms with Crippen molar-refractivity contribution >= 4 is 11.4 Å². The largest absolute Gasteiger partial charge is 0.456 e. The van der Waals surface area contributed by atoms with Gasteiger partial charge < -0.3 is 24.7 Å². The number of aromatic amines is 1. The molecule has 0 saturated carbocycles. The zero-order chi connectivity index (χ0) is 24.5. The molecule has 2 aromatic carbocycles. The number of nitrogens with zero attached hydrogens (tertiary/aromatic N) is 2. The molecule has 182 valence electrons. The summed E-state index contributed by atoms with van der Waals surface area (Å²) in [6.07, 6.45) is 3.54. The lowest BCUT2D eigenvalue weighted by molar-refractivity contribution is 0.122. The molecule has 2 aromatic heterocycles. The van der Waals surface area contributed by atoms with Crippen LogP contribution in [0, 0.1) is 5.82 Å². The molecule has 7 nitrogen and oxygen atoms in total. The van der Waals surface area contributed by atoms with Gasteiger partial charge >= 0.3 is 0 Å². The van der Waals surface area contributed by atoms with Crippen LogP contribution in [0.2, 0.25) is 0 Å². The molecular weight excluding hydrogens is 459 g/mol. The van der Waals surface area contributed by atoms with E-state index in [1.54, 1.807) is 12.3 Å². The monoisotopic (exact) mass is 484 g/mol. The molecule has 2 N–H and O–H groups in total. The highest BCUT2D eigenvalue weighted by atomic mass is 19.1. The van der Waals surface area contributed by atoms with E-state index in [0.29, 0.717) is 26.2 Å². The minimum absolute atomic E-state index is 0.146. The van der Waals surface area contributed by atoms with Gasteiger partial charge in [0.05, 0.1) is 25.1 Å². The number of benzene rings is 2. The maximum absolute atomic E-state index is 13.4. The van der Waals surface area contributed by atoms with Gasteiger partial charge in [-0.15, -0.1) is 0 Å². The molecule has 6 rings (SSSR count). The molecule has 0 bridgehead atoms. The van der Waals surface area contributed by atoms with Crippen molar-refractivity contribution in [3.8, 4) is 22.8 Å². The summed E-state index contributed by atoms with van der Waals surface area (Å²) in [6.45, 7) is 3.28. The highest BCUT2D eigenvalue weighted by Crippen LogP contribution is 2.43. The Hall–Kier alpha value is -4.17. The number of hydrogen-bond acceptors (Lipinski definition) is 6. The summed E-state index contributed by atoms with van der Waals surface area (Å²) in [5, 5.41) is 3.33. The number of para-hydroxylation sites is 1. The van der Waals surface area contributed by atoms with E-state index < -0.39 is 0 Å². The first-order chi connectivity index (χ1) is 17.6. The van der Waals surface area contributed by atoms with Crippen LogP contribution in [0.3, 0.4) is 0 Å². The molecule has 1 saturated heterocycles. The van der Waals surface area contributed by atoms with Crippen molar-refractivity contribution in [2.45, 2.75) is 13.0 Å². The normalized spacial score (nSPS) is 14.5. The summed E-state index contributed by atoms with van der Waals surface area (Å²) < 4.78 is 25.3. The van der Waals surface area contributed by atoms with Gasteiger partial charge in [-0.25, -0.2) is 4.39 Å². The molecule has 0 spiro atoms. The van der Waals surface area contributed by atoms with E-state index in [-0.39, 0.29) is 11.4 Å². The van der Waals surface area contributed by atoms with Crippen molar-refractivity contribution in [3.63, 3.8) is 0 Å². The number of pyridine rings is 2. The molecule has 4 aromatic rings. The van der Waals surface area contributed by atoms with Gasteiger partial charge in [-0.05, 0) is 47.5 Å². The molecule has 2 aliphatic heterocycles. The van der Waals surface area contributed by atoms with Crippen LogP contribution in [0.1, 0.15) is 16.7 Å². The Balaban J connectivity index is 1.26. The minimum atomic E-state index is -0.350. The third-order valence-corrected chi connectivity index (χ3v) is 6.50.